The maximum absolute atomic E-state index is 13.0. The van der Waals surface area contributed by atoms with Gasteiger partial charge in [0.1, 0.15) is 5.54 Å². The highest BCUT2D eigenvalue weighted by atomic mass is 16.5. The number of methoxy groups -OCH3 is 1. The summed E-state index contributed by atoms with van der Waals surface area (Å²) in [7, 11) is 1.40. The number of ether oxygens (including phenoxy) is 1. The van der Waals surface area contributed by atoms with Gasteiger partial charge in [-0.2, -0.15) is 0 Å². The number of amides is 2. The van der Waals surface area contributed by atoms with Crippen LogP contribution in [0.25, 0.3) is 0 Å². The minimum Gasteiger partial charge on any atom is -0.504 e. The van der Waals surface area contributed by atoms with Crippen LogP contribution < -0.4 is 10.1 Å². The molecule has 2 aliphatic heterocycles. The van der Waals surface area contributed by atoms with Crippen LogP contribution in [0.3, 0.4) is 0 Å². The second kappa shape index (κ2) is 5.98. The normalized spacial score (nSPS) is 30.8. The molecule has 2 aliphatic rings. The first-order chi connectivity index (χ1) is 12.1. The number of benzene rings is 1. The molecule has 0 aliphatic carbocycles. The minimum absolute atomic E-state index is 0.177. The smallest absolute Gasteiger partial charge is 0.324 e. The van der Waals surface area contributed by atoms with Gasteiger partial charge in [0.25, 0.3) is 0 Å². The number of carbonyl (C=O) groups excluding carboxylic acids is 2. The third kappa shape index (κ3) is 2.28. The lowest BCUT2D eigenvalue weighted by Crippen LogP contribution is -2.54. The summed E-state index contributed by atoms with van der Waals surface area (Å²) >= 11 is 0. The number of carbonyl (C=O) groups is 3. The van der Waals surface area contributed by atoms with Crippen molar-refractivity contribution >= 4 is 17.8 Å². The van der Waals surface area contributed by atoms with Crippen LogP contribution in [0.4, 0.5) is 0 Å². The lowest BCUT2D eigenvalue weighted by molar-refractivity contribution is -0.151. The van der Waals surface area contributed by atoms with Crippen LogP contribution in [0.15, 0.2) is 18.2 Å². The first-order valence-corrected chi connectivity index (χ1v) is 8.39. The van der Waals surface area contributed by atoms with E-state index >= 15 is 0 Å². The SMILES string of the molecule is COc1cccc([C@@H]2N[C@](C)(C(=O)O)[C@H]3C(=O)N(C(C)C)C(=O)[C@@H]23)c1O. The van der Waals surface area contributed by atoms with Crippen LogP contribution in [0, 0.1) is 11.8 Å². The van der Waals surface area contributed by atoms with Gasteiger partial charge in [0.05, 0.1) is 18.9 Å². The molecule has 1 aromatic carbocycles. The molecule has 1 aromatic rings. The molecule has 8 heteroatoms. The maximum atomic E-state index is 13.0. The molecule has 3 N–H and O–H groups in total. The van der Waals surface area contributed by atoms with E-state index in [1.165, 1.54) is 14.0 Å². The van der Waals surface area contributed by atoms with E-state index in [1.54, 1.807) is 32.0 Å². The summed E-state index contributed by atoms with van der Waals surface area (Å²) in [6.07, 6.45) is 0. The van der Waals surface area contributed by atoms with Crippen molar-refractivity contribution in [2.45, 2.75) is 38.4 Å². The summed E-state index contributed by atoms with van der Waals surface area (Å²) in [6.45, 7) is 4.82. The number of imide groups is 1. The lowest BCUT2D eigenvalue weighted by Gasteiger charge is -2.28. The van der Waals surface area contributed by atoms with Gasteiger partial charge in [-0.1, -0.05) is 12.1 Å². The Morgan fingerprint density at radius 2 is 1.96 bits per heavy atom. The van der Waals surface area contributed by atoms with E-state index < -0.39 is 41.2 Å². The lowest BCUT2D eigenvalue weighted by atomic mass is 9.80. The Kier molecular flexibility index (Phi) is 4.18. The van der Waals surface area contributed by atoms with Gasteiger partial charge in [-0.25, -0.2) is 0 Å². The Labute approximate surface area is 150 Å². The van der Waals surface area contributed by atoms with Gasteiger partial charge in [-0.05, 0) is 26.8 Å². The average Bonchev–Trinajstić information content (AvgIpc) is 3.02. The molecule has 3 rings (SSSR count). The topological polar surface area (TPSA) is 116 Å². The summed E-state index contributed by atoms with van der Waals surface area (Å²) in [5.74, 6) is -4.08. The first-order valence-electron chi connectivity index (χ1n) is 8.39. The number of carboxylic acids is 1. The number of nitrogens with zero attached hydrogens (tertiary/aromatic N) is 1. The first kappa shape index (κ1) is 18.2. The van der Waals surface area contributed by atoms with E-state index in [9.17, 15) is 24.6 Å². The molecule has 0 spiro atoms. The van der Waals surface area contributed by atoms with Gasteiger partial charge in [0.2, 0.25) is 11.8 Å². The van der Waals surface area contributed by atoms with Gasteiger partial charge in [0.15, 0.2) is 11.5 Å². The van der Waals surface area contributed by atoms with Crippen LogP contribution in [-0.2, 0) is 14.4 Å². The highest BCUT2D eigenvalue weighted by Crippen LogP contribution is 2.51. The third-order valence-electron chi connectivity index (χ3n) is 5.37. The summed E-state index contributed by atoms with van der Waals surface area (Å²) in [5, 5.41) is 23.1. The number of rotatable bonds is 4. The Bertz CT molecular complexity index is 792. The van der Waals surface area contributed by atoms with Gasteiger partial charge in [-0.3, -0.25) is 24.6 Å². The number of nitrogens with one attached hydrogen (secondary N) is 1. The van der Waals surface area contributed by atoms with Crippen LogP contribution in [0.5, 0.6) is 11.5 Å². The predicted molar refractivity (Wildman–Crippen MR) is 90.5 cm³/mol. The highest BCUT2D eigenvalue weighted by molar-refractivity contribution is 6.09. The number of hydrogen-bond donors (Lipinski definition) is 3. The van der Waals surface area contributed by atoms with Crippen LogP contribution in [0.2, 0.25) is 0 Å². The third-order valence-corrected chi connectivity index (χ3v) is 5.37. The van der Waals surface area contributed by atoms with Crippen molar-refractivity contribution in [3.63, 3.8) is 0 Å². The number of fused-ring (bicyclic) bond motifs is 1. The number of phenols is 1. The van der Waals surface area contributed by atoms with E-state index in [-0.39, 0.29) is 17.5 Å². The summed E-state index contributed by atoms with van der Waals surface area (Å²) < 4.78 is 5.11. The molecule has 2 fully saturated rings. The summed E-state index contributed by atoms with van der Waals surface area (Å²) in [4.78, 5) is 38.9. The number of aromatic hydroxyl groups is 1. The highest BCUT2D eigenvalue weighted by Gasteiger charge is 2.67. The molecule has 8 nitrogen and oxygen atoms in total. The fourth-order valence-corrected chi connectivity index (χ4v) is 4.09. The van der Waals surface area contributed by atoms with E-state index in [0.29, 0.717) is 5.56 Å². The Balaban J connectivity index is 2.16. The fourth-order valence-electron chi connectivity index (χ4n) is 4.09. The van der Waals surface area contributed by atoms with E-state index in [4.69, 9.17) is 4.74 Å². The quantitative estimate of drug-likeness (QED) is 0.681. The number of phenolic OH excluding ortho intramolecular Hbond substituents is 1. The van der Waals surface area contributed by atoms with Crippen LogP contribution >= 0.6 is 0 Å². The number of aliphatic carboxylic acids is 1. The van der Waals surface area contributed by atoms with Crippen molar-refractivity contribution in [3.8, 4) is 11.5 Å². The Morgan fingerprint density at radius 3 is 2.50 bits per heavy atom. The molecule has 0 aromatic heterocycles. The average molecular weight is 362 g/mol. The molecule has 0 saturated carbocycles. The second-order valence-electron chi connectivity index (χ2n) is 7.17. The predicted octanol–water partition coefficient (Wildman–Crippen LogP) is 0.898. The molecule has 0 radical (unpaired) electrons. The zero-order chi connectivity index (χ0) is 19.4. The van der Waals surface area contributed by atoms with Crippen LogP contribution in [0.1, 0.15) is 32.4 Å². The van der Waals surface area contributed by atoms with E-state index in [1.807, 2.05) is 0 Å². The molecule has 26 heavy (non-hydrogen) atoms. The zero-order valence-electron chi connectivity index (χ0n) is 15.0. The summed E-state index contributed by atoms with van der Waals surface area (Å²) in [5.41, 5.74) is -1.29. The largest absolute Gasteiger partial charge is 0.504 e. The van der Waals surface area contributed by atoms with Crippen molar-refractivity contribution in [2.24, 2.45) is 11.8 Å². The van der Waals surface area contributed by atoms with E-state index in [2.05, 4.69) is 5.32 Å². The molecule has 0 unspecified atom stereocenters. The second-order valence-corrected chi connectivity index (χ2v) is 7.17. The molecule has 2 amide bonds. The Hall–Kier alpha value is -2.61. The van der Waals surface area contributed by atoms with Crippen molar-refractivity contribution in [3.05, 3.63) is 23.8 Å². The maximum Gasteiger partial charge on any atom is 0.324 e. The van der Waals surface area contributed by atoms with Gasteiger partial charge in [0, 0.05) is 17.6 Å². The molecule has 2 saturated heterocycles. The molecule has 4 atom stereocenters. The number of carboxylic acid groups (broad SMARTS) is 1. The zero-order valence-corrected chi connectivity index (χ0v) is 15.0. The molecule has 2 heterocycles. The molecular weight excluding hydrogens is 340 g/mol. The van der Waals surface area contributed by atoms with Crippen molar-refractivity contribution in [1.29, 1.82) is 0 Å². The standard InChI is InChI=1S/C18H22N2O6/c1-8(2)20-15(22)11-12(16(20)23)18(3,17(24)25)19-13(11)9-6-5-7-10(26-4)14(9)21/h5-8,11-13,19,21H,1-4H3,(H,24,25)/t11-,12-,13+,18+/m1/s1. The van der Waals surface area contributed by atoms with Crippen molar-refractivity contribution in [2.75, 3.05) is 7.11 Å². The molecule has 0 bridgehead atoms. The van der Waals surface area contributed by atoms with Crippen molar-refractivity contribution < 1.29 is 29.3 Å². The fraction of sp³-hybridized carbons (Fsp3) is 0.500. The van der Waals surface area contributed by atoms with E-state index in [0.717, 1.165) is 4.90 Å². The molecule has 140 valence electrons. The van der Waals surface area contributed by atoms with Gasteiger partial charge in [-0.15, -0.1) is 0 Å². The van der Waals surface area contributed by atoms with Crippen LogP contribution in [-0.4, -0.2) is 51.6 Å². The number of para-hydroxylation sites is 1. The van der Waals surface area contributed by atoms with Gasteiger partial charge < -0.3 is 14.9 Å². The minimum atomic E-state index is -1.62. The monoisotopic (exact) mass is 362 g/mol. The summed E-state index contributed by atoms with van der Waals surface area (Å²) in [6, 6.07) is 3.59. The Morgan fingerprint density at radius 1 is 1.31 bits per heavy atom. The van der Waals surface area contributed by atoms with Crippen molar-refractivity contribution in [1.82, 2.24) is 10.2 Å². The molecular formula is C18H22N2O6. The van der Waals surface area contributed by atoms with Gasteiger partial charge >= 0.3 is 5.97 Å². The number of hydrogen-bond acceptors (Lipinski definition) is 6. The number of likely N-dealkylation sites (tertiary alicyclic amines) is 1.